The van der Waals surface area contributed by atoms with Gasteiger partial charge >= 0.3 is 12.0 Å². The molecule has 1 unspecified atom stereocenters. The second kappa shape index (κ2) is 6.69. The summed E-state index contributed by atoms with van der Waals surface area (Å²) < 4.78 is 0. The lowest BCUT2D eigenvalue weighted by Crippen LogP contribution is -2.48. The highest BCUT2D eigenvalue weighted by molar-refractivity contribution is 7.14. The molecule has 0 aromatic carbocycles. The summed E-state index contributed by atoms with van der Waals surface area (Å²) in [7, 11) is 3.64. The number of hydrogen-bond acceptors (Lipinski definition) is 5. The van der Waals surface area contributed by atoms with Crippen LogP contribution in [0.3, 0.4) is 0 Å². The van der Waals surface area contributed by atoms with Crippen LogP contribution in [-0.4, -0.2) is 59.9 Å². The molecule has 2 amide bonds. The number of rotatable bonds is 6. The first-order valence-corrected chi connectivity index (χ1v) is 6.82. The van der Waals surface area contributed by atoms with Crippen molar-refractivity contribution in [2.24, 2.45) is 0 Å². The second-order valence-corrected chi connectivity index (χ2v) is 5.93. The van der Waals surface area contributed by atoms with E-state index in [0.29, 0.717) is 6.54 Å². The van der Waals surface area contributed by atoms with Crippen molar-refractivity contribution in [2.45, 2.75) is 12.5 Å². The van der Waals surface area contributed by atoms with Crippen molar-refractivity contribution in [1.29, 1.82) is 0 Å². The van der Waals surface area contributed by atoms with E-state index in [0.717, 1.165) is 11.3 Å². The van der Waals surface area contributed by atoms with E-state index in [4.69, 9.17) is 5.11 Å². The average molecular weight is 301 g/mol. The van der Waals surface area contributed by atoms with Crippen molar-refractivity contribution >= 4 is 28.3 Å². The van der Waals surface area contributed by atoms with Crippen LogP contribution in [0.4, 0.5) is 9.80 Å². The fraction of sp³-hybridized carbons (Fsp3) is 0.500. The molecule has 20 heavy (non-hydrogen) atoms. The fourth-order valence-electron chi connectivity index (χ4n) is 1.73. The van der Waals surface area contributed by atoms with Gasteiger partial charge in [0.05, 0.1) is 11.2 Å². The third-order valence-electron chi connectivity index (χ3n) is 2.41. The van der Waals surface area contributed by atoms with E-state index in [9.17, 15) is 14.7 Å². The van der Waals surface area contributed by atoms with Gasteiger partial charge in [0, 0.05) is 13.1 Å². The number of nitrogens with zero attached hydrogens (tertiary/aromatic N) is 1. The lowest BCUT2D eigenvalue weighted by Gasteiger charge is -2.27. The molecule has 8 heteroatoms. The monoisotopic (exact) mass is 301 g/mol. The predicted molar refractivity (Wildman–Crippen MR) is 77.5 cm³/mol. The van der Waals surface area contributed by atoms with Crippen molar-refractivity contribution in [3.05, 3.63) is 17.0 Å². The van der Waals surface area contributed by atoms with Gasteiger partial charge in [-0.15, -0.1) is 11.3 Å². The third kappa shape index (κ3) is 5.16. The number of amides is 2. The highest BCUT2D eigenvalue weighted by Crippen LogP contribution is 2.22. The molecule has 0 saturated carbocycles. The first-order valence-electron chi connectivity index (χ1n) is 5.94. The lowest BCUT2D eigenvalue weighted by atomic mass is 10.1. The van der Waals surface area contributed by atoms with E-state index in [1.54, 1.807) is 17.2 Å². The number of aliphatic hydroxyl groups is 1. The number of carbonyl (C=O) groups excluding carboxylic acids is 1. The van der Waals surface area contributed by atoms with Crippen LogP contribution in [0.15, 0.2) is 11.4 Å². The summed E-state index contributed by atoms with van der Waals surface area (Å²) in [5.41, 5.74) is -1.02. The Bertz CT molecular complexity index is 485. The molecule has 1 aromatic rings. The maximum atomic E-state index is 11.7. The topological polar surface area (TPSA) is 102 Å². The van der Waals surface area contributed by atoms with Gasteiger partial charge in [0.1, 0.15) is 5.00 Å². The van der Waals surface area contributed by atoms with E-state index >= 15 is 0 Å². The molecule has 0 saturated heterocycles. The zero-order valence-corrected chi connectivity index (χ0v) is 12.5. The average Bonchev–Trinajstić information content (AvgIpc) is 2.73. The van der Waals surface area contributed by atoms with Crippen LogP contribution in [0.2, 0.25) is 0 Å². The van der Waals surface area contributed by atoms with Gasteiger partial charge in [-0.2, -0.15) is 0 Å². The number of urea groups is 1. The molecule has 0 aliphatic rings. The predicted octanol–water partition coefficient (Wildman–Crippen LogP) is 0.880. The highest BCUT2D eigenvalue weighted by Gasteiger charge is 2.22. The molecule has 1 atom stereocenters. The normalized spacial score (nSPS) is 13.8. The van der Waals surface area contributed by atoms with Gasteiger partial charge in [0.25, 0.3) is 0 Å². The van der Waals surface area contributed by atoms with Crippen LogP contribution in [0.5, 0.6) is 0 Å². The summed E-state index contributed by atoms with van der Waals surface area (Å²) in [6, 6.07) is 0.874. The standard InChI is InChI=1S/C12H19N3O4S/c1-12(19,7-15(2)3)6-13-11(18)14-9-8(10(16)17)4-5-20-9/h4-5,19H,6-7H2,1-3H3,(H,16,17)(H2,13,14,18). The summed E-state index contributed by atoms with van der Waals surface area (Å²) >= 11 is 1.13. The Kier molecular flexibility index (Phi) is 5.49. The molecule has 0 fully saturated rings. The molecule has 1 rings (SSSR count). The molecule has 7 nitrogen and oxygen atoms in total. The fourth-order valence-corrected chi connectivity index (χ4v) is 2.50. The van der Waals surface area contributed by atoms with Crippen molar-refractivity contribution in [3.63, 3.8) is 0 Å². The number of carboxylic acids is 1. The van der Waals surface area contributed by atoms with Crippen molar-refractivity contribution in [2.75, 3.05) is 32.5 Å². The number of hydrogen-bond donors (Lipinski definition) is 4. The van der Waals surface area contributed by atoms with Gasteiger partial charge in [-0.1, -0.05) is 0 Å². The first kappa shape index (κ1) is 16.4. The van der Waals surface area contributed by atoms with E-state index in [1.807, 2.05) is 14.1 Å². The van der Waals surface area contributed by atoms with Crippen LogP contribution in [0.25, 0.3) is 0 Å². The van der Waals surface area contributed by atoms with Crippen LogP contribution >= 0.6 is 11.3 Å². The Hall–Kier alpha value is -1.64. The van der Waals surface area contributed by atoms with Gasteiger partial charge in [0.2, 0.25) is 0 Å². The lowest BCUT2D eigenvalue weighted by molar-refractivity contribution is 0.0364. The Morgan fingerprint density at radius 2 is 2.10 bits per heavy atom. The highest BCUT2D eigenvalue weighted by atomic mass is 32.1. The van der Waals surface area contributed by atoms with Crippen molar-refractivity contribution in [3.8, 4) is 0 Å². The molecule has 0 radical (unpaired) electrons. The molecule has 112 valence electrons. The largest absolute Gasteiger partial charge is 0.478 e. The molecule has 1 aromatic heterocycles. The number of carboxylic acid groups (broad SMARTS) is 1. The molecule has 4 N–H and O–H groups in total. The zero-order valence-electron chi connectivity index (χ0n) is 11.6. The SMILES string of the molecule is CN(C)CC(C)(O)CNC(=O)Nc1sccc1C(=O)O. The van der Waals surface area contributed by atoms with E-state index in [1.165, 1.54) is 6.07 Å². The smallest absolute Gasteiger partial charge is 0.338 e. The van der Waals surface area contributed by atoms with Crippen LogP contribution in [0.1, 0.15) is 17.3 Å². The molecule has 0 spiro atoms. The Morgan fingerprint density at radius 3 is 2.65 bits per heavy atom. The van der Waals surface area contributed by atoms with E-state index in [2.05, 4.69) is 10.6 Å². The summed E-state index contributed by atoms with van der Waals surface area (Å²) in [5, 5.41) is 25.8. The van der Waals surface area contributed by atoms with Crippen LogP contribution in [0, 0.1) is 0 Å². The number of nitrogens with one attached hydrogen (secondary N) is 2. The number of likely N-dealkylation sites (N-methyl/N-ethyl adjacent to an activating group) is 1. The first-order chi connectivity index (χ1) is 9.21. The number of thiophene rings is 1. The maximum absolute atomic E-state index is 11.7. The van der Waals surface area contributed by atoms with Gasteiger partial charge in [-0.05, 0) is 32.5 Å². The molecule has 0 aliphatic carbocycles. The van der Waals surface area contributed by atoms with E-state index in [-0.39, 0.29) is 17.1 Å². The van der Waals surface area contributed by atoms with Crippen molar-refractivity contribution in [1.82, 2.24) is 10.2 Å². The van der Waals surface area contributed by atoms with Crippen LogP contribution < -0.4 is 10.6 Å². The number of carbonyl (C=O) groups is 2. The zero-order chi connectivity index (χ0) is 15.3. The van der Waals surface area contributed by atoms with E-state index < -0.39 is 17.6 Å². The van der Waals surface area contributed by atoms with Crippen LogP contribution in [-0.2, 0) is 0 Å². The van der Waals surface area contributed by atoms with Crippen molar-refractivity contribution < 1.29 is 19.8 Å². The number of aromatic carboxylic acids is 1. The number of anilines is 1. The Labute approximate surface area is 121 Å². The quantitative estimate of drug-likeness (QED) is 0.625. The molecular weight excluding hydrogens is 282 g/mol. The summed E-state index contributed by atoms with van der Waals surface area (Å²) in [6.45, 7) is 2.07. The summed E-state index contributed by atoms with van der Waals surface area (Å²) in [4.78, 5) is 24.4. The van der Waals surface area contributed by atoms with Gasteiger partial charge in [-0.25, -0.2) is 9.59 Å². The molecular formula is C12H19N3O4S. The minimum absolute atomic E-state index is 0.0465. The maximum Gasteiger partial charge on any atom is 0.338 e. The Balaban J connectivity index is 2.52. The van der Waals surface area contributed by atoms with Gasteiger partial charge < -0.3 is 20.4 Å². The summed E-state index contributed by atoms with van der Waals surface area (Å²) in [5.74, 6) is -1.10. The minimum atomic E-state index is -1.10. The molecule has 0 bridgehead atoms. The van der Waals surface area contributed by atoms with Gasteiger partial charge in [0.15, 0.2) is 0 Å². The third-order valence-corrected chi connectivity index (χ3v) is 3.24. The summed E-state index contributed by atoms with van der Waals surface area (Å²) in [6.07, 6.45) is 0. The molecule has 0 aliphatic heterocycles. The molecule has 1 heterocycles. The Morgan fingerprint density at radius 1 is 1.45 bits per heavy atom. The minimum Gasteiger partial charge on any atom is -0.478 e. The second-order valence-electron chi connectivity index (χ2n) is 5.01. The van der Waals surface area contributed by atoms with Gasteiger partial charge in [-0.3, -0.25) is 5.32 Å².